The Morgan fingerprint density at radius 3 is 2.82 bits per heavy atom. The van der Waals surface area contributed by atoms with E-state index in [1.807, 2.05) is 0 Å². The topological polar surface area (TPSA) is 99.2 Å². The first-order chi connectivity index (χ1) is 8.09. The zero-order valence-corrected chi connectivity index (χ0v) is 9.51. The van der Waals surface area contributed by atoms with Crippen molar-refractivity contribution in [2.24, 2.45) is 0 Å². The Morgan fingerprint density at radius 2 is 2.24 bits per heavy atom. The highest BCUT2D eigenvalue weighted by Crippen LogP contribution is 2.18. The van der Waals surface area contributed by atoms with Crippen molar-refractivity contribution in [1.82, 2.24) is 20.1 Å². The maximum Gasteiger partial charge on any atom is 0.326 e. The van der Waals surface area contributed by atoms with E-state index in [1.165, 1.54) is 4.90 Å². The van der Waals surface area contributed by atoms with Gasteiger partial charge < -0.3 is 10.0 Å². The van der Waals surface area contributed by atoms with Crippen LogP contribution in [0.3, 0.4) is 0 Å². The molecule has 0 aromatic carbocycles. The first kappa shape index (κ1) is 11.6. The molecule has 1 aromatic heterocycles. The third-order valence-corrected chi connectivity index (χ3v) is 2.84. The van der Waals surface area contributed by atoms with Crippen molar-refractivity contribution in [2.75, 3.05) is 6.54 Å². The van der Waals surface area contributed by atoms with Crippen LogP contribution in [0.15, 0.2) is 0 Å². The third-order valence-electron chi connectivity index (χ3n) is 2.84. The molecule has 92 valence electrons. The van der Waals surface area contributed by atoms with Gasteiger partial charge in [-0.15, -0.1) is 5.10 Å². The summed E-state index contributed by atoms with van der Waals surface area (Å²) in [7, 11) is 0. The highest BCUT2D eigenvalue weighted by molar-refractivity contribution is 5.93. The van der Waals surface area contributed by atoms with Crippen molar-refractivity contribution in [2.45, 2.75) is 32.2 Å². The Bertz CT molecular complexity index is 443. The van der Waals surface area contributed by atoms with E-state index in [4.69, 9.17) is 5.11 Å². The van der Waals surface area contributed by atoms with E-state index in [1.54, 1.807) is 6.92 Å². The van der Waals surface area contributed by atoms with Crippen molar-refractivity contribution in [3.8, 4) is 0 Å². The quantitative estimate of drug-likeness (QED) is 0.766. The summed E-state index contributed by atoms with van der Waals surface area (Å²) in [5.41, 5.74) is 0. The van der Waals surface area contributed by atoms with Gasteiger partial charge in [0.25, 0.3) is 5.91 Å². The van der Waals surface area contributed by atoms with Gasteiger partial charge in [0.1, 0.15) is 11.9 Å². The molecule has 1 fully saturated rings. The average Bonchev–Trinajstić information content (AvgIpc) is 2.75. The zero-order chi connectivity index (χ0) is 12.4. The second kappa shape index (κ2) is 4.52. The van der Waals surface area contributed by atoms with Crippen molar-refractivity contribution < 1.29 is 14.7 Å². The van der Waals surface area contributed by atoms with Crippen LogP contribution in [0.25, 0.3) is 0 Å². The number of hydrogen-bond acceptors (Lipinski definition) is 4. The Hall–Kier alpha value is -1.92. The summed E-state index contributed by atoms with van der Waals surface area (Å²) in [5.74, 6) is -0.806. The van der Waals surface area contributed by atoms with E-state index in [9.17, 15) is 9.59 Å². The number of nitrogens with zero attached hydrogens (tertiary/aromatic N) is 3. The highest BCUT2D eigenvalue weighted by Gasteiger charge is 2.33. The van der Waals surface area contributed by atoms with E-state index < -0.39 is 17.9 Å². The standard InChI is InChI=1S/C10H14N4O3/c1-6-11-8(13-12-6)9(15)14-5-3-2-4-7(14)10(16)17/h7H,2-5H2,1H3,(H,16,17)(H,11,12,13). The summed E-state index contributed by atoms with van der Waals surface area (Å²) in [4.78, 5) is 28.4. The lowest BCUT2D eigenvalue weighted by Gasteiger charge is -2.31. The molecular weight excluding hydrogens is 224 g/mol. The van der Waals surface area contributed by atoms with Gasteiger partial charge in [-0.1, -0.05) is 0 Å². The van der Waals surface area contributed by atoms with Crippen LogP contribution >= 0.6 is 0 Å². The first-order valence-electron chi connectivity index (χ1n) is 5.52. The fourth-order valence-corrected chi connectivity index (χ4v) is 2.00. The average molecular weight is 238 g/mol. The van der Waals surface area contributed by atoms with Crippen LogP contribution in [0.2, 0.25) is 0 Å². The Kier molecular flexibility index (Phi) is 3.08. The Balaban J connectivity index is 2.19. The van der Waals surface area contributed by atoms with Crippen LogP contribution in [0.4, 0.5) is 0 Å². The van der Waals surface area contributed by atoms with E-state index >= 15 is 0 Å². The van der Waals surface area contributed by atoms with Crippen molar-refractivity contribution in [3.63, 3.8) is 0 Å². The maximum atomic E-state index is 12.0. The molecule has 2 N–H and O–H groups in total. The van der Waals surface area contributed by atoms with E-state index in [0.717, 1.165) is 12.8 Å². The van der Waals surface area contributed by atoms with Crippen molar-refractivity contribution in [1.29, 1.82) is 0 Å². The van der Waals surface area contributed by atoms with Gasteiger partial charge in [0.2, 0.25) is 5.82 Å². The number of aromatic nitrogens is 3. The van der Waals surface area contributed by atoms with Crippen molar-refractivity contribution in [3.05, 3.63) is 11.6 Å². The third kappa shape index (κ3) is 2.27. The Morgan fingerprint density at radius 1 is 1.47 bits per heavy atom. The molecule has 1 unspecified atom stereocenters. The van der Waals surface area contributed by atoms with Gasteiger partial charge >= 0.3 is 5.97 Å². The number of carboxylic acids is 1. The molecule has 0 aliphatic carbocycles. The van der Waals surface area contributed by atoms with Crippen LogP contribution in [0, 0.1) is 6.92 Å². The number of likely N-dealkylation sites (tertiary alicyclic amines) is 1. The molecule has 2 heterocycles. The number of carbonyl (C=O) groups excluding carboxylic acids is 1. The molecule has 0 radical (unpaired) electrons. The Labute approximate surface area is 97.8 Å². The second-order valence-corrected chi connectivity index (χ2v) is 4.09. The van der Waals surface area contributed by atoms with Crippen molar-refractivity contribution >= 4 is 11.9 Å². The predicted molar refractivity (Wildman–Crippen MR) is 57.4 cm³/mol. The molecular formula is C10H14N4O3. The number of carbonyl (C=O) groups is 2. The van der Waals surface area contributed by atoms with Gasteiger partial charge in [-0.25, -0.2) is 9.78 Å². The van der Waals surface area contributed by atoms with Gasteiger partial charge in [-0.2, -0.15) is 0 Å². The van der Waals surface area contributed by atoms with Gasteiger partial charge in [-0.3, -0.25) is 9.89 Å². The summed E-state index contributed by atoms with van der Waals surface area (Å²) >= 11 is 0. The second-order valence-electron chi connectivity index (χ2n) is 4.09. The minimum absolute atomic E-state index is 0.0376. The molecule has 2 rings (SSSR count). The van der Waals surface area contributed by atoms with Gasteiger partial charge in [0.15, 0.2) is 0 Å². The molecule has 1 saturated heterocycles. The number of hydrogen-bond donors (Lipinski definition) is 2. The molecule has 7 heteroatoms. The van der Waals surface area contributed by atoms with E-state index in [-0.39, 0.29) is 5.82 Å². The van der Waals surface area contributed by atoms with Crippen LogP contribution in [0.5, 0.6) is 0 Å². The molecule has 17 heavy (non-hydrogen) atoms. The van der Waals surface area contributed by atoms with Crippen LogP contribution < -0.4 is 0 Å². The number of piperidine rings is 1. The fourth-order valence-electron chi connectivity index (χ4n) is 2.00. The number of aliphatic carboxylic acids is 1. The number of amides is 1. The predicted octanol–water partition coefficient (Wildman–Crippen LogP) is 0.192. The van der Waals surface area contributed by atoms with E-state index in [0.29, 0.717) is 18.8 Å². The first-order valence-corrected chi connectivity index (χ1v) is 5.52. The monoisotopic (exact) mass is 238 g/mol. The maximum absolute atomic E-state index is 12.0. The number of rotatable bonds is 2. The molecule has 7 nitrogen and oxygen atoms in total. The summed E-state index contributed by atoms with van der Waals surface area (Å²) in [6.07, 6.45) is 2.14. The smallest absolute Gasteiger partial charge is 0.326 e. The number of H-pyrrole nitrogens is 1. The number of aryl methyl sites for hydroxylation is 1. The number of nitrogens with one attached hydrogen (secondary N) is 1. The summed E-state index contributed by atoms with van der Waals surface area (Å²) in [6, 6.07) is -0.755. The molecule has 0 bridgehead atoms. The lowest BCUT2D eigenvalue weighted by Crippen LogP contribution is -2.48. The molecule has 1 amide bonds. The number of carboxylic acid groups (broad SMARTS) is 1. The van der Waals surface area contributed by atoms with E-state index in [2.05, 4.69) is 15.2 Å². The fraction of sp³-hybridized carbons (Fsp3) is 0.600. The minimum Gasteiger partial charge on any atom is -0.480 e. The minimum atomic E-state index is -0.967. The molecule has 0 saturated carbocycles. The van der Waals surface area contributed by atoms with Crippen LogP contribution in [-0.4, -0.2) is 49.7 Å². The van der Waals surface area contributed by atoms with Gasteiger partial charge in [0, 0.05) is 6.54 Å². The SMILES string of the molecule is Cc1nc(C(=O)N2CCCCC2C(=O)O)n[nH]1. The zero-order valence-electron chi connectivity index (χ0n) is 9.51. The van der Waals surface area contributed by atoms with Crippen LogP contribution in [-0.2, 0) is 4.79 Å². The normalized spacial score (nSPS) is 20.3. The van der Waals surface area contributed by atoms with Gasteiger partial charge in [-0.05, 0) is 26.2 Å². The summed E-state index contributed by atoms with van der Waals surface area (Å²) in [6.45, 7) is 2.14. The lowest BCUT2D eigenvalue weighted by atomic mass is 10.0. The molecule has 1 aliphatic rings. The molecule has 1 aromatic rings. The molecule has 1 atom stereocenters. The summed E-state index contributed by atoms with van der Waals surface area (Å²) in [5, 5.41) is 15.4. The van der Waals surface area contributed by atoms with Gasteiger partial charge in [0.05, 0.1) is 0 Å². The van der Waals surface area contributed by atoms with Crippen LogP contribution in [0.1, 0.15) is 35.7 Å². The lowest BCUT2D eigenvalue weighted by molar-refractivity contribution is -0.143. The molecule has 0 spiro atoms. The number of aromatic amines is 1. The highest BCUT2D eigenvalue weighted by atomic mass is 16.4. The largest absolute Gasteiger partial charge is 0.480 e. The summed E-state index contributed by atoms with van der Waals surface area (Å²) < 4.78 is 0. The molecule has 1 aliphatic heterocycles.